The molecular weight excluding hydrogens is 366 g/mol. The molecule has 1 saturated heterocycles. The summed E-state index contributed by atoms with van der Waals surface area (Å²) in [5, 5.41) is 0. The lowest BCUT2D eigenvalue weighted by atomic mass is 10.2. The van der Waals surface area contributed by atoms with Crippen molar-refractivity contribution in [1.82, 2.24) is 13.9 Å². The lowest BCUT2D eigenvalue weighted by molar-refractivity contribution is 0.0126. The molecule has 0 aliphatic carbocycles. The van der Waals surface area contributed by atoms with Gasteiger partial charge in [-0.25, -0.2) is 4.72 Å². The van der Waals surface area contributed by atoms with Crippen molar-refractivity contribution < 1.29 is 17.6 Å². The van der Waals surface area contributed by atoms with Crippen LogP contribution >= 0.6 is 0 Å². The number of ether oxygens (including phenoxy) is 1. The fourth-order valence-corrected chi connectivity index (χ4v) is 4.52. The summed E-state index contributed by atoms with van der Waals surface area (Å²) < 4.78 is 41.5. The van der Waals surface area contributed by atoms with Gasteiger partial charge in [-0.1, -0.05) is 26.7 Å². The van der Waals surface area contributed by atoms with E-state index >= 15 is 0 Å². The molecule has 0 bridgehead atoms. The molecule has 1 aromatic rings. The third-order valence-corrected chi connectivity index (χ3v) is 6.47. The van der Waals surface area contributed by atoms with Crippen LogP contribution in [-0.4, -0.2) is 63.6 Å². The van der Waals surface area contributed by atoms with Crippen LogP contribution in [0.5, 0.6) is 0 Å². The van der Waals surface area contributed by atoms with Gasteiger partial charge in [-0.2, -0.15) is 12.7 Å². The van der Waals surface area contributed by atoms with E-state index in [2.05, 4.69) is 23.5 Å². The zero-order chi connectivity index (χ0) is 19.7. The summed E-state index contributed by atoms with van der Waals surface area (Å²) in [6.45, 7) is 10.3. The number of unbranched alkanes of at least 4 members (excludes halogenated alkanes) is 2. The predicted octanol–water partition coefficient (Wildman–Crippen LogP) is 2.70. The molecule has 0 spiro atoms. The predicted molar refractivity (Wildman–Crippen MR) is 107 cm³/mol. The van der Waals surface area contributed by atoms with Crippen molar-refractivity contribution >= 4 is 10.2 Å². The number of aryl methyl sites for hydroxylation is 1. The average molecular weight is 402 g/mol. The van der Waals surface area contributed by atoms with Crippen molar-refractivity contribution in [3.05, 3.63) is 23.7 Å². The van der Waals surface area contributed by atoms with Gasteiger partial charge in [0.1, 0.15) is 11.5 Å². The topological polar surface area (TPSA) is 75.0 Å². The fourth-order valence-electron chi connectivity index (χ4n) is 3.23. The number of hydrogen-bond donors (Lipinski definition) is 1. The lowest BCUT2D eigenvalue weighted by Gasteiger charge is -2.34. The van der Waals surface area contributed by atoms with Gasteiger partial charge in [-0.3, -0.25) is 4.90 Å². The molecule has 1 N–H and O–H groups in total. The van der Waals surface area contributed by atoms with Crippen LogP contribution in [0, 0.1) is 6.92 Å². The van der Waals surface area contributed by atoms with Gasteiger partial charge in [-0.15, -0.1) is 0 Å². The first-order valence-corrected chi connectivity index (χ1v) is 11.5. The summed E-state index contributed by atoms with van der Waals surface area (Å²) in [6.07, 6.45) is 3.68. The van der Waals surface area contributed by atoms with Gasteiger partial charge >= 0.3 is 0 Å². The minimum absolute atomic E-state index is 0.128. The first kappa shape index (κ1) is 22.4. The fraction of sp³-hybridized carbons (Fsp3) is 0.789. The summed E-state index contributed by atoms with van der Waals surface area (Å²) in [6, 6.07) is 3.73. The number of nitrogens with one attached hydrogen (secondary N) is 1. The second kappa shape index (κ2) is 11.2. The number of furan rings is 1. The Morgan fingerprint density at radius 3 is 2.30 bits per heavy atom. The van der Waals surface area contributed by atoms with Crippen LogP contribution in [0.4, 0.5) is 0 Å². The molecule has 1 fully saturated rings. The molecule has 27 heavy (non-hydrogen) atoms. The number of nitrogens with zero attached hydrogens (tertiary/aromatic N) is 2. The smallest absolute Gasteiger partial charge is 0.279 e. The molecule has 1 unspecified atom stereocenters. The van der Waals surface area contributed by atoms with Crippen LogP contribution in [0.15, 0.2) is 16.5 Å². The summed E-state index contributed by atoms with van der Waals surface area (Å²) >= 11 is 0. The minimum Gasteiger partial charge on any atom is -0.465 e. The van der Waals surface area contributed by atoms with Crippen molar-refractivity contribution in [3.63, 3.8) is 0 Å². The highest BCUT2D eigenvalue weighted by molar-refractivity contribution is 7.87. The minimum atomic E-state index is -3.52. The Kier molecular flexibility index (Phi) is 9.25. The largest absolute Gasteiger partial charge is 0.465 e. The molecule has 7 nitrogen and oxygen atoms in total. The van der Waals surface area contributed by atoms with Gasteiger partial charge in [0.2, 0.25) is 0 Å². The number of rotatable bonds is 12. The Balaban J connectivity index is 2.08. The zero-order valence-corrected chi connectivity index (χ0v) is 17.8. The molecule has 0 amide bonds. The molecular formula is C19H35N3O4S. The maximum atomic E-state index is 12.9. The number of hydrogen-bond acceptors (Lipinski definition) is 5. The Hall–Kier alpha value is -0.930. The molecule has 2 heterocycles. The highest BCUT2D eigenvalue weighted by Crippen LogP contribution is 2.23. The number of morpholine rings is 1. The second-order valence-electron chi connectivity index (χ2n) is 7.07. The van der Waals surface area contributed by atoms with Crippen molar-refractivity contribution in [3.8, 4) is 0 Å². The Labute approximate surface area is 164 Å². The van der Waals surface area contributed by atoms with Crippen molar-refractivity contribution in [2.45, 2.75) is 52.5 Å². The van der Waals surface area contributed by atoms with Gasteiger partial charge in [0.05, 0.1) is 19.3 Å². The third kappa shape index (κ3) is 6.87. The molecule has 2 rings (SSSR count). The average Bonchev–Trinajstić information content (AvgIpc) is 3.08. The summed E-state index contributed by atoms with van der Waals surface area (Å²) in [7, 11) is -3.52. The lowest BCUT2D eigenvalue weighted by Crippen LogP contribution is -2.47. The van der Waals surface area contributed by atoms with Gasteiger partial charge in [0.25, 0.3) is 10.2 Å². The molecule has 1 aliphatic rings. The van der Waals surface area contributed by atoms with E-state index in [0.29, 0.717) is 32.8 Å². The van der Waals surface area contributed by atoms with E-state index in [9.17, 15) is 8.42 Å². The summed E-state index contributed by atoms with van der Waals surface area (Å²) in [5.74, 6) is 1.63. The first-order chi connectivity index (χ1) is 13.0. The van der Waals surface area contributed by atoms with Gasteiger partial charge in [0, 0.05) is 32.7 Å². The Morgan fingerprint density at radius 1 is 1.15 bits per heavy atom. The maximum Gasteiger partial charge on any atom is 0.279 e. The van der Waals surface area contributed by atoms with E-state index in [1.165, 1.54) is 0 Å². The van der Waals surface area contributed by atoms with Crippen molar-refractivity contribution in [1.29, 1.82) is 0 Å². The summed E-state index contributed by atoms with van der Waals surface area (Å²) in [5.41, 5.74) is 0. The zero-order valence-electron chi connectivity index (χ0n) is 16.9. The van der Waals surface area contributed by atoms with Crippen LogP contribution in [0.25, 0.3) is 0 Å². The van der Waals surface area contributed by atoms with Crippen molar-refractivity contribution in [2.75, 3.05) is 45.9 Å². The molecule has 156 valence electrons. The quantitative estimate of drug-likeness (QED) is 0.583. The summed E-state index contributed by atoms with van der Waals surface area (Å²) in [4.78, 5) is 2.23. The second-order valence-corrected chi connectivity index (χ2v) is 8.83. The van der Waals surface area contributed by atoms with Crippen molar-refractivity contribution in [2.24, 2.45) is 0 Å². The highest BCUT2D eigenvalue weighted by atomic mass is 32.2. The third-order valence-electron chi connectivity index (χ3n) is 4.90. The molecule has 1 atom stereocenters. The van der Waals surface area contributed by atoms with Crippen LogP contribution in [0.2, 0.25) is 0 Å². The SMILES string of the molecule is CCCCN(CCCC)S(=O)(=O)NCC(c1ccc(C)o1)N1CCOCC1. The van der Waals surface area contributed by atoms with Crippen LogP contribution < -0.4 is 4.72 Å². The molecule has 0 saturated carbocycles. The van der Waals surface area contributed by atoms with E-state index < -0.39 is 10.2 Å². The van der Waals surface area contributed by atoms with Gasteiger partial charge < -0.3 is 9.15 Å². The van der Waals surface area contributed by atoms with Crippen LogP contribution in [0.1, 0.15) is 57.1 Å². The molecule has 1 aliphatic heterocycles. The normalized spacial score (nSPS) is 17.5. The Morgan fingerprint density at radius 2 is 1.78 bits per heavy atom. The highest BCUT2D eigenvalue weighted by Gasteiger charge is 2.28. The van der Waals surface area contributed by atoms with E-state index in [1.807, 2.05) is 19.1 Å². The molecule has 8 heteroatoms. The monoisotopic (exact) mass is 401 g/mol. The molecule has 0 aromatic carbocycles. The van der Waals surface area contributed by atoms with Crippen LogP contribution in [-0.2, 0) is 14.9 Å². The molecule has 1 aromatic heterocycles. The van der Waals surface area contributed by atoms with E-state index in [-0.39, 0.29) is 6.04 Å². The molecule has 0 radical (unpaired) electrons. The van der Waals surface area contributed by atoms with Crippen LogP contribution in [0.3, 0.4) is 0 Å². The van der Waals surface area contributed by atoms with Gasteiger partial charge in [-0.05, 0) is 31.9 Å². The van der Waals surface area contributed by atoms with E-state index in [0.717, 1.165) is 50.3 Å². The maximum absolute atomic E-state index is 12.9. The Bertz CT molecular complexity index is 633. The van der Waals surface area contributed by atoms with Gasteiger partial charge in [0.15, 0.2) is 0 Å². The standard InChI is InChI=1S/C19H35N3O4S/c1-4-6-10-22(11-7-5-2)27(23,24)20-16-18(19-9-8-17(3)26-19)21-12-14-25-15-13-21/h8-9,18,20H,4-7,10-16H2,1-3H3. The van der Waals surface area contributed by atoms with E-state index in [4.69, 9.17) is 9.15 Å². The van der Waals surface area contributed by atoms with E-state index in [1.54, 1.807) is 4.31 Å². The first-order valence-electron chi connectivity index (χ1n) is 10.1.